The molecule has 2 fully saturated rings. The molecular weight excluding hydrogens is 425 g/mol. The van der Waals surface area contributed by atoms with E-state index in [0.29, 0.717) is 25.2 Å². The molecule has 4 atom stereocenters. The summed E-state index contributed by atoms with van der Waals surface area (Å²) in [4.78, 5) is 12.9. The number of hydrogen-bond donors (Lipinski definition) is 3. The Labute approximate surface area is 188 Å². The Bertz CT molecular complexity index is 1320. The summed E-state index contributed by atoms with van der Waals surface area (Å²) in [5.74, 6) is -3.48. The molecule has 2 aliphatic rings. The number of anilines is 3. The minimum Gasteiger partial charge on any atom is -0.393 e. The molecule has 3 heterocycles. The lowest BCUT2D eigenvalue weighted by Gasteiger charge is -2.26. The van der Waals surface area contributed by atoms with E-state index in [1.54, 1.807) is 4.57 Å². The zero-order valence-electron chi connectivity index (χ0n) is 21.6. The average molecular weight is 453 g/mol. The number of ether oxygens (including phenoxy) is 1. The molecule has 0 amide bonds. The van der Waals surface area contributed by atoms with E-state index in [0.717, 1.165) is 0 Å². The molecule has 2 aromatic heterocycles. The molecule has 11 heteroatoms. The topological polar surface area (TPSA) is 97.1 Å². The van der Waals surface area contributed by atoms with Gasteiger partial charge in [-0.2, -0.15) is 4.98 Å². The van der Waals surface area contributed by atoms with Gasteiger partial charge in [0.1, 0.15) is 17.0 Å². The Morgan fingerprint density at radius 3 is 2.72 bits per heavy atom. The first-order chi connectivity index (χ1) is 17.4. The summed E-state index contributed by atoms with van der Waals surface area (Å²) >= 11 is 0. The zero-order valence-corrected chi connectivity index (χ0v) is 16.6. The average Bonchev–Trinajstić information content (AvgIpc) is 3.46. The molecular formula is C21H23F3N6O2. The van der Waals surface area contributed by atoms with E-state index in [9.17, 15) is 18.3 Å². The molecule has 32 heavy (non-hydrogen) atoms. The van der Waals surface area contributed by atoms with Crippen molar-refractivity contribution in [3.05, 3.63) is 35.8 Å². The maximum absolute atomic E-state index is 14.3. The summed E-state index contributed by atoms with van der Waals surface area (Å²) in [7, 11) is 0. The normalized spacial score (nSPS) is 31.3. The Kier molecular flexibility index (Phi) is 4.22. The number of halogens is 3. The summed E-state index contributed by atoms with van der Waals surface area (Å²) in [6.45, 7) is 0.675. The lowest BCUT2D eigenvalue weighted by atomic mass is 9.93. The van der Waals surface area contributed by atoms with Gasteiger partial charge in [-0.05, 0) is 32.0 Å². The molecule has 1 saturated carbocycles. The van der Waals surface area contributed by atoms with E-state index in [1.807, 2.05) is 0 Å². The molecule has 1 aliphatic heterocycles. The van der Waals surface area contributed by atoms with Gasteiger partial charge in [0, 0.05) is 31.6 Å². The molecule has 170 valence electrons. The molecule has 1 aliphatic carbocycles. The van der Waals surface area contributed by atoms with Gasteiger partial charge in [0.15, 0.2) is 17.3 Å². The van der Waals surface area contributed by atoms with Crippen molar-refractivity contribution in [2.45, 2.75) is 50.2 Å². The highest BCUT2D eigenvalue weighted by molar-refractivity contribution is 5.76. The monoisotopic (exact) mass is 453 g/mol. The number of aromatic nitrogens is 4. The summed E-state index contributed by atoms with van der Waals surface area (Å²) < 4.78 is 89.6. The molecule has 1 saturated heterocycles. The van der Waals surface area contributed by atoms with Crippen LogP contribution in [0.25, 0.3) is 11.2 Å². The highest BCUT2D eigenvalue weighted by Gasteiger charge is 2.27. The van der Waals surface area contributed by atoms with Gasteiger partial charge in [-0.3, -0.25) is 4.57 Å². The second kappa shape index (κ2) is 8.55. The number of aliphatic hydroxyl groups excluding tert-OH is 1. The van der Waals surface area contributed by atoms with Crippen molar-refractivity contribution in [1.82, 2.24) is 19.5 Å². The molecule has 8 nitrogen and oxygen atoms in total. The summed E-state index contributed by atoms with van der Waals surface area (Å²) in [6.07, 6.45) is -6.73. The smallest absolute Gasteiger partial charge is 0.224 e. The van der Waals surface area contributed by atoms with Gasteiger partial charge in [-0.1, -0.05) is 0 Å². The molecule has 4 unspecified atom stereocenters. The van der Waals surface area contributed by atoms with Crippen LogP contribution in [0.4, 0.5) is 30.8 Å². The number of imidazole rings is 1. The van der Waals surface area contributed by atoms with Gasteiger partial charge in [0.2, 0.25) is 11.9 Å². The highest BCUT2D eigenvalue weighted by Crippen LogP contribution is 2.32. The van der Waals surface area contributed by atoms with Crippen molar-refractivity contribution in [2.75, 3.05) is 23.8 Å². The number of aliphatic hydroxyl groups is 1. The van der Waals surface area contributed by atoms with Crippen LogP contribution < -0.4 is 10.6 Å². The lowest BCUT2D eigenvalue weighted by Crippen LogP contribution is -2.29. The van der Waals surface area contributed by atoms with E-state index < -0.39 is 54.4 Å². The van der Waals surface area contributed by atoms with Crippen molar-refractivity contribution >= 4 is 28.7 Å². The van der Waals surface area contributed by atoms with E-state index >= 15 is 0 Å². The third kappa shape index (κ3) is 4.09. The Balaban J connectivity index is 1.53. The first kappa shape index (κ1) is 15.8. The van der Waals surface area contributed by atoms with E-state index in [1.165, 1.54) is 6.20 Å². The van der Waals surface area contributed by atoms with Crippen LogP contribution in [0, 0.1) is 17.5 Å². The summed E-state index contributed by atoms with van der Waals surface area (Å²) in [5, 5.41) is 15.4. The van der Waals surface area contributed by atoms with Crippen molar-refractivity contribution < 1.29 is 29.9 Å². The van der Waals surface area contributed by atoms with Gasteiger partial charge >= 0.3 is 0 Å². The predicted octanol–water partition coefficient (Wildman–Crippen LogP) is 3.66. The van der Waals surface area contributed by atoms with Crippen molar-refractivity contribution in [3.63, 3.8) is 0 Å². The SMILES string of the molecule is [2H]C1CC(Nc2ncc3nc(Nc4c(F)cc(F)cc4F)n(C4CCOC4)c3n2)C([2H])([2H])C([2H])([2H])C1O. The number of rotatable bonds is 5. The zero-order chi connectivity index (χ0) is 26.7. The van der Waals surface area contributed by atoms with Gasteiger partial charge in [-0.15, -0.1) is 0 Å². The van der Waals surface area contributed by atoms with Crippen LogP contribution in [0.1, 0.15) is 44.9 Å². The number of benzene rings is 1. The molecule has 1 aromatic carbocycles. The Morgan fingerprint density at radius 2 is 1.97 bits per heavy atom. The third-order valence-electron chi connectivity index (χ3n) is 5.25. The van der Waals surface area contributed by atoms with Crippen LogP contribution in [0.15, 0.2) is 18.3 Å². The van der Waals surface area contributed by atoms with Crippen LogP contribution >= 0.6 is 0 Å². The van der Waals surface area contributed by atoms with Crippen LogP contribution in [0.5, 0.6) is 0 Å². The molecule has 5 rings (SSSR count). The van der Waals surface area contributed by atoms with Crippen molar-refractivity contribution in [1.29, 1.82) is 0 Å². The molecule has 0 bridgehead atoms. The molecule has 3 N–H and O–H groups in total. The van der Waals surface area contributed by atoms with E-state index in [-0.39, 0.29) is 42.1 Å². The lowest BCUT2D eigenvalue weighted by molar-refractivity contribution is 0.126. The largest absolute Gasteiger partial charge is 0.393 e. The number of nitrogens with one attached hydrogen (secondary N) is 2. The first-order valence-electron chi connectivity index (χ1n) is 12.6. The number of nitrogens with zero attached hydrogens (tertiary/aromatic N) is 4. The standard InChI is InChI=1S/C21H23F3N6O2/c22-11-7-15(23)18(16(24)8-11)28-21-27-17-9-25-20(26-12-1-3-14(31)4-2-12)29-19(17)30(21)13-5-6-32-10-13/h7-9,12-14,31H,1-6,10H2,(H,27,28)(H,25,26,29)/i1D2,3D2,4D. The molecule has 3 aromatic rings. The second-order valence-electron chi connectivity index (χ2n) is 7.50. The fourth-order valence-corrected chi connectivity index (χ4v) is 3.71. The maximum Gasteiger partial charge on any atom is 0.224 e. The van der Waals surface area contributed by atoms with E-state index in [2.05, 4.69) is 25.6 Å². The summed E-state index contributed by atoms with van der Waals surface area (Å²) in [6, 6.07) is -0.500. The highest BCUT2D eigenvalue weighted by atomic mass is 19.1. The Hall–Kier alpha value is -2.92. The van der Waals surface area contributed by atoms with Crippen LogP contribution in [-0.2, 0) is 4.74 Å². The van der Waals surface area contributed by atoms with Crippen LogP contribution in [0.2, 0.25) is 0 Å². The predicted molar refractivity (Wildman–Crippen MR) is 111 cm³/mol. The van der Waals surface area contributed by atoms with Gasteiger partial charge < -0.3 is 20.5 Å². The van der Waals surface area contributed by atoms with Crippen LogP contribution in [0.3, 0.4) is 0 Å². The summed E-state index contributed by atoms with van der Waals surface area (Å²) in [5.41, 5.74) is -0.153. The quantitative estimate of drug-likeness (QED) is 0.542. The minimum atomic E-state index is -2.71. The van der Waals surface area contributed by atoms with Gasteiger partial charge in [0.25, 0.3) is 0 Å². The number of fused-ring (bicyclic) bond motifs is 1. The van der Waals surface area contributed by atoms with Gasteiger partial charge in [0.05, 0.1) is 24.9 Å². The number of hydrogen-bond acceptors (Lipinski definition) is 7. The molecule has 0 radical (unpaired) electrons. The first-order valence-corrected chi connectivity index (χ1v) is 10.0. The maximum atomic E-state index is 14.3. The van der Waals surface area contributed by atoms with Gasteiger partial charge in [-0.25, -0.2) is 23.1 Å². The fraction of sp³-hybridized carbons (Fsp3) is 0.476. The molecule has 0 spiro atoms. The fourth-order valence-electron chi connectivity index (χ4n) is 3.71. The third-order valence-corrected chi connectivity index (χ3v) is 5.25. The van der Waals surface area contributed by atoms with Crippen molar-refractivity contribution in [2.24, 2.45) is 0 Å². The minimum absolute atomic E-state index is 0.0000299. The van der Waals surface area contributed by atoms with E-state index in [4.69, 9.17) is 11.6 Å². The Morgan fingerprint density at radius 1 is 1.16 bits per heavy atom. The second-order valence-corrected chi connectivity index (χ2v) is 7.50. The van der Waals surface area contributed by atoms with Crippen LogP contribution in [-0.4, -0.2) is 50.0 Å². The van der Waals surface area contributed by atoms with Crippen molar-refractivity contribution in [3.8, 4) is 0 Å².